The zero-order valence-electron chi connectivity index (χ0n) is 13.5. The molecule has 1 saturated heterocycles. The number of alkyl halides is 3. The monoisotopic (exact) mass is 365 g/mol. The lowest BCUT2D eigenvalue weighted by atomic mass is 10.1. The van der Waals surface area contributed by atoms with Crippen LogP contribution in [0.5, 0.6) is 0 Å². The van der Waals surface area contributed by atoms with Crippen molar-refractivity contribution >= 4 is 28.7 Å². The standard InChI is InChI=1S/C18H18F3N3S/c19-18(20,21)14-5-4-8-16(13-14)23-9-11-24(12-10-23)17(25)22-15-6-2-1-3-7-15/h1-8,13H,9-12H2,(H,22,25). The Labute approximate surface area is 150 Å². The zero-order chi connectivity index (χ0) is 17.9. The first-order valence-electron chi connectivity index (χ1n) is 7.97. The summed E-state index contributed by atoms with van der Waals surface area (Å²) in [7, 11) is 0. The van der Waals surface area contributed by atoms with Gasteiger partial charge in [-0.25, -0.2) is 0 Å². The molecule has 0 amide bonds. The Kier molecular flexibility index (Phi) is 5.13. The molecule has 0 bridgehead atoms. The number of nitrogens with zero attached hydrogens (tertiary/aromatic N) is 2. The maximum absolute atomic E-state index is 12.9. The van der Waals surface area contributed by atoms with E-state index in [9.17, 15) is 13.2 Å². The molecule has 0 saturated carbocycles. The van der Waals surface area contributed by atoms with Crippen molar-refractivity contribution in [1.29, 1.82) is 0 Å². The minimum Gasteiger partial charge on any atom is -0.368 e. The predicted octanol–water partition coefficient (Wildman–Crippen LogP) is 4.22. The topological polar surface area (TPSA) is 18.5 Å². The van der Waals surface area contributed by atoms with Crippen LogP contribution in [0.15, 0.2) is 54.6 Å². The Hall–Kier alpha value is -2.28. The van der Waals surface area contributed by atoms with Gasteiger partial charge in [0.2, 0.25) is 0 Å². The molecule has 3 nitrogen and oxygen atoms in total. The molecule has 132 valence electrons. The maximum Gasteiger partial charge on any atom is 0.416 e. The highest BCUT2D eigenvalue weighted by Gasteiger charge is 2.31. The van der Waals surface area contributed by atoms with Crippen LogP contribution in [0.1, 0.15) is 5.56 Å². The largest absolute Gasteiger partial charge is 0.416 e. The number of nitrogens with one attached hydrogen (secondary N) is 1. The molecule has 0 aromatic heterocycles. The van der Waals surface area contributed by atoms with Gasteiger partial charge in [-0.2, -0.15) is 13.2 Å². The quantitative estimate of drug-likeness (QED) is 0.803. The fraction of sp³-hybridized carbons (Fsp3) is 0.278. The molecule has 1 N–H and O–H groups in total. The molecule has 0 aliphatic carbocycles. The van der Waals surface area contributed by atoms with Gasteiger partial charge in [-0.3, -0.25) is 0 Å². The van der Waals surface area contributed by atoms with Crippen molar-refractivity contribution in [3.63, 3.8) is 0 Å². The maximum atomic E-state index is 12.9. The van der Waals surface area contributed by atoms with E-state index in [-0.39, 0.29) is 0 Å². The molecular weight excluding hydrogens is 347 g/mol. The summed E-state index contributed by atoms with van der Waals surface area (Å²) in [6.07, 6.45) is -4.32. The Morgan fingerprint density at radius 1 is 0.920 bits per heavy atom. The molecule has 0 unspecified atom stereocenters. The van der Waals surface area contributed by atoms with Crippen LogP contribution < -0.4 is 10.2 Å². The average molecular weight is 365 g/mol. The van der Waals surface area contributed by atoms with E-state index in [0.29, 0.717) is 37.0 Å². The summed E-state index contributed by atoms with van der Waals surface area (Å²) in [5.74, 6) is 0. The van der Waals surface area contributed by atoms with Gasteiger partial charge in [0.05, 0.1) is 5.56 Å². The Morgan fingerprint density at radius 3 is 2.24 bits per heavy atom. The van der Waals surface area contributed by atoms with Crippen LogP contribution in [0.3, 0.4) is 0 Å². The van der Waals surface area contributed by atoms with Gasteiger partial charge in [0.25, 0.3) is 0 Å². The molecular formula is C18H18F3N3S. The van der Waals surface area contributed by atoms with Gasteiger partial charge in [0.15, 0.2) is 5.11 Å². The van der Waals surface area contributed by atoms with Crippen molar-refractivity contribution in [3.05, 3.63) is 60.2 Å². The first kappa shape index (κ1) is 17.5. The first-order valence-corrected chi connectivity index (χ1v) is 8.37. The van der Waals surface area contributed by atoms with E-state index in [2.05, 4.69) is 5.32 Å². The minimum atomic E-state index is -4.32. The van der Waals surface area contributed by atoms with E-state index in [1.165, 1.54) is 12.1 Å². The van der Waals surface area contributed by atoms with E-state index in [1.54, 1.807) is 6.07 Å². The third-order valence-corrected chi connectivity index (χ3v) is 4.49. The number of anilines is 2. The van der Waals surface area contributed by atoms with Crippen molar-refractivity contribution in [3.8, 4) is 0 Å². The number of hydrogen-bond acceptors (Lipinski definition) is 2. The number of para-hydroxylation sites is 1. The molecule has 1 fully saturated rings. The van der Waals surface area contributed by atoms with Crippen molar-refractivity contribution in [2.75, 3.05) is 36.4 Å². The lowest BCUT2D eigenvalue weighted by Crippen LogP contribution is -2.50. The molecule has 2 aromatic rings. The number of rotatable bonds is 2. The van der Waals surface area contributed by atoms with Crippen LogP contribution in [0.25, 0.3) is 0 Å². The number of hydrogen-bond donors (Lipinski definition) is 1. The molecule has 1 heterocycles. The van der Waals surface area contributed by atoms with Crippen molar-refractivity contribution in [2.24, 2.45) is 0 Å². The van der Waals surface area contributed by atoms with Crippen LogP contribution in [0.4, 0.5) is 24.5 Å². The summed E-state index contributed by atoms with van der Waals surface area (Å²) in [5.41, 5.74) is 0.901. The fourth-order valence-electron chi connectivity index (χ4n) is 2.77. The smallest absolute Gasteiger partial charge is 0.368 e. The van der Waals surface area contributed by atoms with E-state index < -0.39 is 11.7 Å². The minimum absolute atomic E-state index is 0.594. The SMILES string of the molecule is FC(F)(F)c1cccc(N2CCN(C(=S)Nc3ccccc3)CC2)c1. The second kappa shape index (κ2) is 7.31. The predicted molar refractivity (Wildman–Crippen MR) is 97.9 cm³/mol. The van der Waals surface area contributed by atoms with Gasteiger partial charge < -0.3 is 15.1 Å². The molecule has 0 radical (unpaired) electrons. The normalized spacial score (nSPS) is 15.2. The van der Waals surface area contributed by atoms with E-state index in [0.717, 1.165) is 11.8 Å². The summed E-state index contributed by atoms with van der Waals surface area (Å²) < 4.78 is 38.6. The summed E-state index contributed by atoms with van der Waals surface area (Å²) in [5, 5.41) is 3.82. The molecule has 25 heavy (non-hydrogen) atoms. The van der Waals surface area contributed by atoms with Gasteiger partial charge in [0, 0.05) is 37.6 Å². The van der Waals surface area contributed by atoms with Gasteiger partial charge in [-0.05, 0) is 42.5 Å². The van der Waals surface area contributed by atoms with Crippen LogP contribution in [-0.2, 0) is 6.18 Å². The summed E-state index contributed by atoms with van der Waals surface area (Å²) in [6.45, 7) is 2.57. The molecule has 7 heteroatoms. The fourth-order valence-corrected chi connectivity index (χ4v) is 3.07. The Balaban J connectivity index is 1.59. The van der Waals surface area contributed by atoms with Crippen molar-refractivity contribution < 1.29 is 13.2 Å². The number of piperazine rings is 1. The third kappa shape index (κ3) is 4.42. The first-order chi connectivity index (χ1) is 11.9. The van der Waals surface area contributed by atoms with Crippen LogP contribution in [0.2, 0.25) is 0 Å². The van der Waals surface area contributed by atoms with Gasteiger partial charge >= 0.3 is 6.18 Å². The number of thiocarbonyl (C=S) groups is 1. The lowest BCUT2D eigenvalue weighted by molar-refractivity contribution is -0.137. The molecule has 2 aromatic carbocycles. The average Bonchev–Trinajstić information content (AvgIpc) is 2.62. The number of benzene rings is 2. The molecule has 1 aliphatic rings. The Morgan fingerprint density at radius 2 is 1.60 bits per heavy atom. The summed E-state index contributed by atoms with van der Waals surface area (Å²) in [4.78, 5) is 3.99. The third-order valence-electron chi connectivity index (χ3n) is 4.13. The van der Waals surface area contributed by atoms with Gasteiger partial charge in [-0.15, -0.1) is 0 Å². The summed E-state index contributed by atoms with van der Waals surface area (Å²) in [6, 6.07) is 15.1. The van der Waals surface area contributed by atoms with Crippen LogP contribution in [-0.4, -0.2) is 36.2 Å². The van der Waals surface area contributed by atoms with Crippen LogP contribution >= 0.6 is 12.2 Å². The highest BCUT2D eigenvalue weighted by atomic mass is 32.1. The second-order valence-electron chi connectivity index (χ2n) is 5.82. The zero-order valence-corrected chi connectivity index (χ0v) is 14.3. The molecule has 1 aliphatic heterocycles. The second-order valence-corrected chi connectivity index (χ2v) is 6.21. The molecule has 3 rings (SSSR count). The van der Waals surface area contributed by atoms with E-state index >= 15 is 0 Å². The van der Waals surface area contributed by atoms with Gasteiger partial charge in [-0.1, -0.05) is 24.3 Å². The van der Waals surface area contributed by atoms with E-state index in [1.807, 2.05) is 40.1 Å². The van der Waals surface area contributed by atoms with Crippen molar-refractivity contribution in [2.45, 2.75) is 6.18 Å². The molecule has 0 atom stereocenters. The Bertz CT molecular complexity index is 726. The van der Waals surface area contributed by atoms with Gasteiger partial charge in [0.1, 0.15) is 0 Å². The summed E-state index contributed by atoms with van der Waals surface area (Å²) >= 11 is 5.43. The highest BCUT2D eigenvalue weighted by Crippen LogP contribution is 2.31. The van der Waals surface area contributed by atoms with E-state index in [4.69, 9.17) is 12.2 Å². The van der Waals surface area contributed by atoms with Crippen LogP contribution in [0, 0.1) is 0 Å². The highest BCUT2D eigenvalue weighted by molar-refractivity contribution is 7.80. The molecule has 0 spiro atoms. The van der Waals surface area contributed by atoms with Crippen molar-refractivity contribution in [1.82, 2.24) is 4.90 Å². The number of halogens is 3. The lowest BCUT2D eigenvalue weighted by Gasteiger charge is -2.37.